The molecule has 5 rings (SSSR count). The van der Waals surface area contributed by atoms with Crippen LogP contribution in [0.2, 0.25) is 0 Å². The summed E-state index contributed by atoms with van der Waals surface area (Å²) in [5.41, 5.74) is -0.143. The summed E-state index contributed by atoms with van der Waals surface area (Å²) in [6, 6.07) is 6.52. The molecule has 0 saturated carbocycles. The van der Waals surface area contributed by atoms with Gasteiger partial charge in [0, 0.05) is 30.3 Å². The Hall–Kier alpha value is -2.78. The smallest absolute Gasteiger partial charge is 0.303 e. The maximum Gasteiger partial charge on any atom is 0.303 e. The zero-order valence-electron chi connectivity index (χ0n) is 16.3. The number of nitrogens with one attached hydrogen (secondary N) is 2. The number of benzene rings is 1. The molecule has 4 aliphatic rings. The largest absolute Gasteiger partial charge is 0.481 e. The third kappa shape index (κ3) is 2.61. The predicted molar refractivity (Wildman–Crippen MR) is 103 cm³/mol. The molecular formula is C21H23N3O6. The summed E-state index contributed by atoms with van der Waals surface area (Å²) in [6.07, 6.45) is 1.47. The summed E-state index contributed by atoms with van der Waals surface area (Å²) in [4.78, 5) is 52.4. The fourth-order valence-corrected chi connectivity index (χ4v) is 5.52. The number of aliphatic carboxylic acids is 1. The highest BCUT2D eigenvalue weighted by atomic mass is 16.5. The maximum atomic E-state index is 13.5. The van der Waals surface area contributed by atoms with E-state index in [4.69, 9.17) is 9.84 Å². The number of imide groups is 1. The first-order chi connectivity index (χ1) is 14.4. The monoisotopic (exact) mass is 413 g/mol. The van der Waals surface area contributed by atoms with Gasteiger partial charge in [-0.15, -0.1) is 0 Å². The van der Waals surface area contributed by atoms with Crippen molar-refractivity contribution in [1.29, 1.82) is 0 Å². The van der Waals surface area contributed by atoms with Crippen molar-refractivity contribution in [2.45, 2.75) is 43.4 Å². The molecule has 0 aliphatic carbocycles. The lowest BCUT2D eigenvalue weighted by molar-refractivity contribution is -0.144. The van der Waals surface area contributed by atoms with Crippen LogP contribution in [0.5, 0.6) is 0 Å². The fourth-order valence-electron chi connectivity index (χ4n) is 5.52. The van der Waals surface area contributed by atoms with Crippen molar-refractivity contribution >= 4 is 29.4 Å². The number of amides is 3. The second-order valence-electron chi connectivity index (χ2n) is 8.42. The van der Waals surface area contributed by atoms with E-state index in [0.29, 0.717) is 17.9 Å². The van der Waals surface area contributed by atoms with Crippen LogP contribution < -0.4 is 10.6 Å². The summed E-state index contributed by atoms with van der Waals surface area (Å²) in [5.74, 6) is -3.80. The van der Waals surface area contributed by atoms with Crippen molar-refractivity contribution in [2.75, 3.05) is 18.5 Å². The summed E-state index contributed by atoms with van der Waals surface area (Å²) in [5, 5.41) is 15.2. The normalized spacial score (nSPS) is 34.5. The van der Waals surface area contributed by atoms with Crippen LogP contribution in [-0.2, 0) is 29.5 Å². The SMILES string of the molecule is O=C(O)CC[C@@H]1N[C@]2(C(=O)Nc3ccccc32)[C@H]2C(=O)N(C[C@@H]3CCCO3)C(=O)[C@H]12. The highest BCUT2D eigenvalue weighted by Gasteiger charge is 2.70. The molecule has 3 amide bonds. The quantitative estimate of drug-likeness (QED) is 0.599. The van der Waals surface area contributed by atoms with E-state index in [-0.39, 0.29) is 37.3 Å². The molecule has 1 aromatic rings. The molecule has 9 heteroatoms. The van der Waals surface area contributed by atoms with Crippen LogP contribution in [0, 0.1) is 11.8 Å². The second kappa shape index (κ2) is 6.88. The first-order valence-electron chi connectivity index (χ1n) is 10.3. The van der Waals surface area contributed by atoms with Gasteiger partial charge in [0.1, 0.15) is 5.54 Å². The number of hydrogen-bond acceptors (Lipinski definition) is 6. The third-order valence-corrected chi connectivity index (χ3v) is 6.79. The van der Waals surface area contributed by atoms with Gasteiger partial charge in [-0.2, -0.15) is 0 Å². The molecule has 158 valence electrons. The van der Waals surface area contributed by atoms with Crippen LogP contribution in [0.4, 0.5) is 5.69 Å². The van der Waals surface area contributed by atoms with Crippen molar-refractivity contribution in [3.8, 4) is 0 Å². The average molecular weight is 413 g/mol. The molecule has 1 spiro atoms. The van der Waals surface area contributed by atoms with Gasteiger partial charge in [0.05, 0.1) is 24.5 Å². The van der Waals surface area contributed by atoms with E-state index in [1.807, 2.05) is 0 Å². The van der Waals surface area contributed by atoms with Gasteiger partial charge in [0.2, 0.25) is 17.7 Å². The number of nitrogens with zero attached hydrogens (tertiary/aromatic N) is 1. The lowest BCUT2D eigenvalue weighted by Crippen LogP contribution is -2.53. The predicted octanol–water partition coefficient (Wildman–Crippen LogP) is 0.451. The lowest BCUT2D eigenvalue weighted by atomic mass is 9.76. The van der Waals surface area contributed by atoms with Crippen molar-refractivity contribution < 1.29 is 29.0 Å². The number of hydrogen-bond donors (Lipinski definition) is 3. The molecule has 0 radical (unpaired) electrons. The Morgan fingerprint density at radius 3 is 2.77 bits per heavy atom. The molecule has 4 aliphatic heterocycles. The van der Waals surface area contributed by atoms with E-state index >= 15 is 0 Å². The number of carboxylic acids is 1. The highest BCUT2D eigenvalue weighted by Crippen LogP contribution is 2.53. The number of carbonyl (C=O) groups is 4. The first-order valence-corrected chi connectivity index (χ1v) is 10.3. The van der Waals surface area contributed by atoms with Crippen molar-refractivity contribution in [2.24, 2.45) is 11.8 Å². The maximum absolute atomic E-state index is 13.5. The van der Waals surface area contributed by atoms with Gasteiger partial charge in [-0.1, -0.05) is 18.2 Å². The molecule has 30 heavy (non-hydrogen) atoms. The summed E-state index contributed by atoms with van der Waals surface area (Å²) < 4.78 is 5.62. The Balaban J connectivity index is 1.55. The average Bonchev–Trinajstić information content (AvgIpc) is 3.46. The van der Waals surface area contributed by atoms with E-state index < -0.39 is 35.3 Å². The van der Waals surface area contributed by atoms with Gasteiger partial charge >= 0.3 is 5.97 Å². The number of para-hydroxylation sites is 1. The van der Waals surface area contributed by atoms with Gasteiger partial charge in [0.15, 0.2) is 0 Å². The molecule has 3 saturated heterocycles. The minimum absolute atomic E-state index is 0.153. The Bertz CT molecular complexity index is 942. The minimum Gasteiger partial charge on any atom is -0.481 e. The van der Waals surface area contributed by atoms with Gasteiger partial charge in [-0.3, -0.25) is 29.4 Å². The number of carboxylic acid groups (broad SMARTS) is 1. The minimum atomic E-state index is -1.37. The molecule has 0 aromatic heterocycles. The van der Waals surface area contributed by atoms with Crippen LogP contribution >= 0.6 is 0 Å². The van der Waals surface area contributed by atoms with Gasteiger partial charge < -0.3 is 15.2 Å². The summed E-state index contributed by atoms with van der Waals surface area (Å²) in [7, 11) is 0. The van der Waals surface area contributed by atoms with E-state index in [9.17, 15) is 19.2 Å². The fraction of sp³-hybridized carbons (Fsp3) is 0.524. The number of carbonyl (C=O) groups excluding carboxylic acids is 3. The Morgan fingerprint density at radius 2 is 2.03 bits per heavy atom. The lowest BCUT2D eigenvalue weighted by Gasteiger charge is -2.30. The van der Waals surface area contributed by atoms with Gasteiger partial charge in [0.25, 0.3) is 0 Å². The van der Waals surface area contributed by atoms with Crippen LogP contribution in [-0.4, -0.2) is 59.0 Å². The van der Waals surface area contributed by atoms with Crippen molar-refractivity contribution in [3.63, 3.8) is 0 Å². The molecule has 3 N–H and O–H groups in total. The zero-order valence-corrected chi connectivity index (χ0v) is 16.3. The Labute approximate surface area is 172 Å². The van der Waals surface area contributed by atoms with E-state index in [2.05, 4.69) is 10.6 Å². The zero-order chi connectivity index (χ0) is 21.0. The van der Waals surface area contributed by atoms with Gasteiger partial charge in [-0.05, 0) is 25.3 Å². The van der Waals surface area contributed by atoms with Crippen LogP contribution in [0.1, 0.15) is 31.2 Å². The van der Waals surface area contributed by atoms with Crippen LogP contribution in [0.25, 0.3) is 0 Å². The molecule has 5 atom stereocenters. The molecule has 0 bridgehead atoms. The van der Waals surface area contributed by atoms with Crippen molar-refractivity contribution in [3.05, 3.63) is 29.8 Å². The molecular weight excluding hydrogens is 390 g/mol. The number of ether oxygens (including phenoxy) is 1. The molecule has 1 aromatic carbocycles. The van der Waals surface area contributed by atoms with E-state index in [1.54, 1.807) is 24.3 Å². The number of rotatable bonds is 5. The van der Waals surface area contributed by atoms with E-state index in [0.717, 1.165) is 12.8 Å². The third-order valence-electron chi connectivity index (χ3n) is 6.79. The molecule has 9 nitrogen and oxygen atoms in total. The summed E-state index contributed by atoms with van der Waals surface area (Å²) >= 11 is 0. The molecule has 3 fully saturated rings. The van der Waals surface area contributed by atoms with Crippen LogP contribution in [0.3, 0.4) is 0 Å². The van der Waals surface area contributed by atoms with Crippen molar-refractivity contribution in [1.82, 2.24) is 10.2 Å². The Kier molecular flexibility index (Phi) is 4.41. The number of fused-ring (bicyclic) bond motifs is 4. The van der Waals surface area contributed by atoms with Crippen LogP contribution in [0.15, 0.2) is 24.3 Å². The van der Waals surface area contributed by atoms with Gasteiger partial charge in [-0.25, -0.2) is 0 Å². The number of likely N-dealkylation sites (tertiary alicyclic amines) is 1. The molecule has 4 heterocycles. The first kappa shape index (κ1) is 19.2. The topological polar surface area (TPSA) is 125 Å². The number of anilines is 1. The standard InChI is InChI=1S/C21H23N3O6/c25-15(26)8-7-14-16-17(19(28)24(18(16)27)10-11-4-3-9-30-11)21(23-14)12-5-1-2-6-13(12)22-20(21)29/h1-2,5-6,11,14,16-17,23H,3-4,7-10H2,(H,22,29)(H,25,26)/t11-,14-,16+,17+,21-/m0/s1. The Morgan fingerprint density at radius 1 is 1.23 bits per heavy atom. The summed E-state index contributed by atoms with van der Waals surface area (Å²) in [6.45, 7) is 0.784. The van der Waals surface area contributed by atoms with E-state index in [1.165, 1.54) is 4.90 Å². The molecule has 0 unspecified atom stereocenters. The highest BCUT2D eigenvalue weighted by molar-refractivity contribution is 6.15. The second-order valence-corrected chi connectivity index (χ2v) is 8.42.